The second-order valence-electron chi connectivity index (χ2n) is 3.59. The maximum absolute atomic E-state index is 9.61. The van der Waals surface area contributed by atoms with E-state index in [2.05, 4.69) is 20.5 Å². The Labute approximate surface area is 92.7 Å². The molecule has 1 N–H and O–H groups in total. The summed E-state index contributed by atoms with van der Waals surface area (Å²) in [6, 6.07) is 0. The molecule has 2 aromatic heterocycles. The molecule has 0 aliphatic carbocycles. The molecule has 0 bridgehead atoms. The van der Waals surface area contributed by atoms with Gasteiger partial charge in [-0.3, -0.25) is 4.68 Å². The minimum atomic E-state index is -0.455. The maximum atomic E-state index is 9.61. The fraction of sp³-hybridized carbons (Fsp3) is 0.556. The number of hydrogen-bond donors (Lipinski definition) is 1. The van der Waals surface area contributed by atoms with E-state index in [9.17, 15) is 5.11 Å². The van der Waals surface area contributed by atoms with Crippen LogP contribution in [0.15, 0.2) is 12.4 Å². The predicted molar refractivity (Wildman–Crippen MR) is 55.4 cm³/mol. The SMILES string of the molecule is CCC(O)c1cnn(Cc2nnn(C)n2)c1. The van der Waals surface area contributed by atoms with Gasteiger partial charge in [-0.15, -0.1) is 10.2 Å². The van der Waals surface area contributed by atoms with Gasteiger partial charge in [0.05, 0.1) is 19.3 Å². The van der Waals surface area contributed by atoms with Gasteiger partial charge in [0.25, 0.3) is 0 Å². The summed E-state index contributed by atoms with van der Waals surface area (Å²) in [5.74, 6) is 0.600. The summed E-state index contributed by atoms with van der Waals surface area (Å²) in [5.41, 5.74) is 0.811. The number of aromatic nitrogens is 6. The Bertz CT molecular complexity index is 462. The van der Waals surface area contributed by atoms with Crippen LogP contribution in [0.5, 0.6) is 0 Å². The molecule has 7 nitrogen and oxygen atoms in total. The lowest BCUT2D eigenvalue weighted by Crippen LogP contribution is -2.03. The van der Waals surface area contributed by atoms with Gasteiger partial charge in [-0.2, -0.15) is 9.90 Å². The number of aryl methyl sites for hydroxylation is 1. The Balaban J connectivity index is 2.08. The summed E-state index contributed by atoms with van der Waals surface area (Å²) >= 11 is 0. The second kappa shape index (κ2) is 4.40. The normalized spacial score (nSPS) is 12.9. The van der Waals surface area contributed by atoms with Gasteiger partial charge in [0.2, 0.25) is 0 Å². The molecule has 0 aromatic carbocycles. The first-order chi connectivity index (χ1) is 7.69. The molecular formula is C9H14N6O. The Kier molecular flexibility index (Phi) is 2.95. The van der Waals surface area contributed by atoms with E-state index in [1.54, 1.807) is 24.1 Å². The Morgan fingerprint density at radius 1 is 1.50 bits per heavy atom. The lowest BCUT2D eigenvalue weighted by atomic mass is 10.2. The van der Waals surface area contributed by atoms with Crippen LogP contribution in [-0.2, 0) is 13.6 Å². The van der Waals surface area contributed by atoms with Crippen LogP contribution in [0.2, 0.25) is 0 Å². The summed E-state index contributed by atoms with van der Waals surface area (Å²) in [6.45, 7) is 2.39. The molecule has 1 atom stereocenters. The molecule has 7 heteroatoms. The van der Waals surface area contributed by atoms with E-state index >= 15 is 0 Å². The van der Waals surface area contributed by atoms with E-state index in [0.717, 1.165) is 5.56 Å². The molecule has 0 aliphatic rings. The first-order valence-electron chi connectivity index (χ1n) is 5.12. The zero-order valence-corrected chi connectivity index (χ0v) is 9.28. The van der Waals surface area contributed by atoms with E-state index in [4.69, 9.17) is 0 Å². The van der Waals surface area contributed by atoms with Gasteiger partial charge in [-0.25, -0.2) is 0 Å². The van der Waals surface area contributed by atoms with Crippen molar-refractivity contribution >= 4 is 0 Å². The Hall–Kier alpha value is -1.76. The number of aliphatic hydroxyl groups excluding tert-OH is 1. The van der Waals surface area contributed by atoms with Crippen molar-refractivity contribution < 1.29 is 5.11 Å². The summed E-state index contributed by atoms with van der Waals surface area (Å²) in [5, 5.41) is 25.4. The smallest absolute Gasteiger partial charge is 0.196 e. The quantitative estimate of drug-likeness (QED) is 0.781. The zero-order valence-electron chi connectivity index (χ0n) is 9.28. The standard InChI is InChI=1S/C9H14N6O/c1-3-8(16)7-4-10-15(5-7)6-9-11-13-14(2)12-9/h4-5,8,16H,3,6H2,1-2H3. The largest absolute Gasteiger partial charge is 0.388 e. The van der Waals surface area contributed by atoms with E-state index in [1.807, 2.05) is 6.92 Å². The number of nitrogens with zero attached hydrogens (tertiary/aromatic N) is 6. The number of hydrogen-bond acceptors (Lipinski definition) is 5. The number of tetrazole rings is 1. The minimum Gasteiger partial charge on any atom is -0.388 e. The van der Waals surface area contributed by atoms with Crippen molar-refractivity contribution in [2.24, 2.45) is 7.05 Å². The molecule has 1 unspecified atom stereocenters. The molecule has 2 rings (SSSR count). The highest BCUT2D eigenvalue weighted by molar-refractivity contribution is 5.07. The third-order valence-corrected chi connectivity index (χ3v) is 2.28. The van der Waals surface area contributed by atoms with E-state index < -0.39 is 6.10 Å². The average molecular weight is 222 g/mol. The number of aliphatic hydroxyl groups is 1. The van der Waals surface area contributed by atoms with Crippen molar-refractivity contribution in [3.05, 3.63) is 23.8 Å². The fourth-order valence-corrected chi connectivity index (χ4v) is 1.41. The number of rotatable bonds is 4. The molecule has 86 valence electrons. The third-order valence-electron chi connectivity index (χ3n) is 2.28. The van der Waals surface area contributed by atoms with Crippen molar-refractivity contribution in [1.29, 1.82) is 0 Å². The summed E-state index contributed by atoms with van der Waals surface area (Å²) in [7, 11) is 1.71. The fourth-order valence-electron chi connectivity index (χ4n) is 1.41. The van der Waals surface area contributed by atoms with Crippen LogP contribution >= 0.6 is 0 Å². The first kappa shape index (κ1) is 10.7. The molecule has 0 aliphatic heterocycles. The molecule has 2 aromatic rings. The van der Waals surface area contributed by atoms with Crippen LogP contribution in [0, 0.1) is 0 Å². The molecule has 0 amide bonds. The average Bonchev–Trinajstić information content (AvgIpc) is 2.87. The molecule has 16 heavy (non-hydrogen) atoms. The third kappa shape index (κ3) is 2.25. The topological polar surface area (TPSA) is 81.7 Å². The van der Waals surface area contributed by atoms with E-state index in [1.165, 1.54) is 4.80 Å². The summed E-state index contributed by atoms with van der Waals surface area (Å²) in [4.78, 5) is 1.40. The molecule has 0 spiro atoms. The highest BCUT2D eigenvalue weighted by Gasteiger charge is 2.09. The van der Waals surface area contributed by atoms with Crippen LogP contribution in [-0.4, -0.2) is 35.1 Å². The molecule has 0 radical (unpaired) electrons. The van der Waals surface area contributed by atoms with Crippen molar-refractivity contribution in [2.45, 2.75) is 26.0 Å². The molecule has 2 heterocycles. The van der Waals surface area contributed by atoms with Gasteiger partial charge in [0, 0.05) is 11.8 Å². The minimum absolute atomic E-state index is 0.455. The van der Waals surface area contributed by atoms with Gasteiger partial charge < -0.3 is 5.11 Å². The molecule has 0 fully saturated rings. The summed E-state index contributed by atoms with van der Waals surface area (Å²) in [6.07, 6.45) is 3.67. The van der Waals surface area contributed by atoms with E-state index in [0.29, 0.717) is 18.8 Å². The van der Waals surface area contributed by atoms with E-state index in [-0.39, 0.29) is 0 Å². The van der Waals surface area contributed by atoms with Gasteiger partial charge in [0.15, 0.2) is 5.82 Å². The molecule has 0 saturated carbocycles. The Morgan fingerprint density at radius 2 is 2.31 bits per heavy atom. The van der Waals surface area contributed by atoms with Gasteiger partial charge >= 0.3 is 0 Å². The monoisotopic (exact) mass is 222 g/mol. The van der Waals surface area contributed by atoms with Crippen molar-refractivity contribution in [2.75, 3.05) is 0 Å². The van der Waals surface area contributed by atoms with Crippen LogP contribution in [0.4, 0.5) is 0 Å². The van der Waals surface area contributed by atoms with Crippen LogP contribution < -0.4 is 0 Å². The first-order valence-corrected chi connectivity index (χ1v) is 5.12. The van der Waals surface area contributed by atoms with Gasteiger partial charge in [-0.1, -0.05) is 6.92 Å². The zero-order chi connectivity index (χ0) is 11.5. The Morgan fingerprint density at radius 3 is 2.94 bits per heavy atom. The highest BCUT2D eigenvalue weighted by Crippen LogP contribution is 2.14. The maximum Gasteiger partial charge on any atom is 0.196 e. The lowest BCUT2D eigenvalue weighted by molar-refractivity contribution is 0.173. The van der Waals surface area contributed by atoms with Crippen LogP contribution in [0.25, 0.3) is 0 Å². The highest BCUT2D eigenvalue weighted by atomic mass is 16.3. The van der Waals surface area contributed by atoms with Crippen molar-refractivity contribution in [3.8, 4) is 0 Å². The van der Waals surface area contributed by atoms with Crippen molar-refractivity contribution in [3.63, 3.8) is 0 Å². The van der Waals surface area contributed by atoms with Gasteiger partial charge in [0.1, 0.15) is 6.54 Å². The van der Waals surface area contributed by atoms with Gasteiger partial charge in [-0.05, 0) is 11.6 Å². The van der Waals surface area contributed by atoms with Crippen molar-refractivity contribution in [1.82, 2.24) is 30.0 Å². The van der Waals surface area contributed by atoms with Crippen LogP contribution in [0.1, 0.15) is 30.8 Å². The van der Waals surface area contributed by atoms with Crippen LogP contribution in [0.3, 0.4) is 0 Å². The molecule has 0 saturated heterocycles. The second-order valence-corrected chi connectivity index (χ2v) is 3.59. The molecular weight excluding hydrogens is 208 g/mol. The lowest BCUT2D eigenvalue weighted by Gasteiger charge is -2.02. The predicted octanol–water partition coefficient (Wildman–Crippen LogP) is -0.102. The summed E-state index contributed by atoms with van der Waals surface area (Å²) < 4.78 is 1.69.